The molecule has 0 bridgehead atoms. The first-order valence-electron chi connectivity index (χ1n) is 10.7. The topological polar surface area (TPSA) is 9.23 Å². The van der Waals surface area contributed by atoms with Crippen LogP contribution in [0, 0.1) is 30.4 Å². The highest BCUT2D eigenvalue weighted by molar-refractivity contribution is 5.65. The lowest BCUT2D eigenvalue weighted by Gasteiger charge is -2.42. The number of rotatable bonds is 4. The molecule has 0 spiro atoms. The number of benzene rings is 2. The Balaban J connectivity index is 1.51. The number of hydrogen-bond acceptors (Lipinski definition) is 1. The molecule has 0 aliphatic heterocycles. The molecule has 4 atom stereocenters. The maximum absolute atomic E-state index is 15.0. The number of aryl methyl sites for hydroxylation is 1. The smallest absolute Gasteiger partial charge is 0.166 e. The summed E-state index contributed by atoms with van der Waals surface area (Å²) in [6, 6.07) is 11.2. The molecule has 28 heavy (non-hydrogen) atoms. The summed E-state index contributed by atoms with van der Waals surface area (Å²) in [7, 11) is 0. The molecule has 2 aliphatic carbocycles. The third-order valence-corrected chi connectivity index (χ3v) is 6.88. The summed E-state index contributed by atoms with van der Waals surface area (Å²) in [6.07, 6.45) is 6.80. The van der Waals surface area contributed by atoms with Crippen molar-refractivity contribution in [2.24, 2.45) is 11.8 Å². The molecular weight excluding hydrogens is 354 g/mol. The summed E-state index contributed by atoms with van der Waals surface area (Å²) in [4.78, 5) is 0. The molecule has 0 amide bonds. The Kier molecular flexibility index (Phi) is 5.82. The highest BCUT2D eigenvalue weighted by atomic mass is 19.2. The van der Waals surface area contributed by atoms with Gasteiger partial charge in [-0.25, -0.2) is 8.78 Å². The van der Waals surface area contributed by atoms with Gasteiger partial charge in [0.1, 0.15) is 0 Å². The second-order valence-corrected chi connectivity index (χ2v) is 8.62. The number of halogens is 2. The van der Waals surface area contributed by atoms with E-state index in [4.69, 9.17) is 4.74 Å². The molecule has 2 fully saturated rings. The van der Waals surface area contributed by atoms with E-state index in [1.165, 1.54) is 0 Å². The van der Waals surface area contributed by atoms with Gasteiger partial charge in [-0.2, -0.15) is 0 Å². The Bertz CT molecular complexity index is 814. The van der Waals surface area contributed by atoms with Gasteiger partial charge in [0, 0.05) is 12.2 Å². The fourth-order valence-corrected chi connectivity index (χ4v) is 5.35. The van der Waals surface area contributed by atoms with Crippen LogP contribution in [0.3, 0.4) is 0 Å². The lowest BCUT2D eigenvalue weighted by atomic mass is 9.65. The van der Waals surface area contributed by atoms with Crippen molar-refractivity contribution in [1.29, 1.82) is 0 Å². The van der Waals surface area contributed by atoms with Gasteiger partial charge in [-0.05, 0) is 81.3 Å². The highest BCUT2D eigenvalue weighted by Crippen LogP contribution is 2.47. The number of ether oxygens (including phenoxy) is 1. The first kappa shape index (κ1) is 19.6. The van der Waals surface area contributed by atoms with Crippen molar-refractivity contribution in [3.8, 4) is 11.1 Å². The van der Waals surface area contributed by atoms with Crippen molar-refractivity contribution in [1.82, 2.24) is 0 Å². The van der Waals surface area contributed by atoms with Crippen LogP contribution in [0.1, 0.15) is 62.5 Å². The quantitative estimate of drug-likeness (QED) is 0.550. The van der Waals surface area contributed by atoms with E-state index in [2.05, 4.69) is 6.92 Å². The molecule has 2 aromatic rings. The van der Waals surface area contributed by atoms with E-state index in [-0.39, 0.29) is 5.92 Å². The third-order valence-electron chi connectivity index (χ3n) is 6.88. The average molecular weight is 385 g/mol. The van der Waals surface area contributed by atoms with Crippen LogP contribution in [-0.2, 0) is 4.74 Å². The summed E-state index contributed by atoms with van der Waals surface area (Å²) >= 11 is 0. The fourth-order valence-electron chi connectivity index (χ4n) is 5.35. The summed E-state index contributed by atoms with van der Waals surface area (Å²) in [5.74, 6) is 0.0792. The Morgan fingerprint density at radius 1 is 0.857 bits per heavy atom. The molecule has 1 nitrogen and oxygen atoms in total. The molecule has 150 valence electrons. The Hall–Kier alpha value is -1.74. The SMILES string of the molecule is CCOC1CCC2CC(c3ccc(-c4ccc(C)cc4)c(F)c3F)CCC2C1. The first-order chi connectivity index (χ1) is 13.6. The van der Waals surface area contributed by atoms with E-state index in [0.717, 1.165) is 56.3 Å². The molecule has 2 saturated carbocycles. The zero-order chi connectivity index (χ0) is 19.7. The van der Waals surface area contributed by atoms with Crippen molar-refractivity contribution in [3.05, 3.63) is 59.2 Å². The average Bonchev–Trinajstić information content (AvgIpc) is 2.71. The van der Waals surface area contributed by atoms with Crippen LogP contribution in [0.5, 0.6) is 0 Å². The van der Waals surface area contributed by atoms with Crippen molar-refractivity contribution >= 4 is 0 Å². The lowest BCUT2D eigenvalue weighted by Crippen LogP contribution is -2.34. The minimum Gasteiger partial charge on any atom is -0.378 e. The third kappa shape index (κ3) is 3.87. The van der Waals surface area contributed by atoms with Gasteiger partial charge in [-0.3, -0.25) is 0 Å². The zero-order valence-electron chi connectivity index (χ0n) is 16.9. The van der Waals surface area contributed by atoms with E-state index >= 15 is 4.39 Å². The highest BCUT2D eigenvalue weighted by Gasteiger charge is 2.37. The van der Waals surface area contributed by atoms with Crippen LogP contribution < -0.4 is 0 Å². The van der Waals surface area contributed by atoms with Gasteiger partial charge in [-0.15, -0.1) is 0 Å². The van der Waals surface area contributed by atoms with Gasteiger partial charge in [0.05, 0.1) is 6.10 Å². The Morgan fingerprint density at radius 3 is 2.32 bits per heavy atom. The lowest BCUT2D eigenvalue weighted by molar-refractivity contribution is -0.00970. The molecule has 2 aliphatic rings. The Morgan fingerprint density at radius 2 is 1.57 bits per heavy atom. The molecule has 4 unspecified atom stereocenters. The summed E-state index contributed by atoms with van der Waals surface area (Å²) in [5.41, 5.74) is 2.76. The summed E-state index contributed by atoms with van der Waals surface area (Å²) in [5, 5.41) is 0. The van der Waals surface area contributed by atoms with Crippen LogP contribution >= 0.6 is 0 Å². The molecule has 4 rings (SSSR count). The van der Waals surface area contributed by atoms with Crippen LogP contribution in [0.25, 0.3) is 11.1 Å². The number of hydrogen-bond donors (Lipinski definition) is 0. The van der Waals surface area contributed by atoms with Crippen molar-refractivity contribution < 1.29 is 13.5 Å². The number of fused-ring (bicyclic) bond motifs is 1. The van der Waals surface area contributed by atoms with Crippen LogP contribution in [0.4, 0.5) is 8.78 Å². The van der Waals surface area contributed by atoms with Crippen LogP contribution in [-0.4, -0.2) is 12.7 Å². The van der Waals surface area contributed by atoms with Crippen LogP contribution in [0.15, 0.2) is 36.4 Å². The largest absolute Gasteiger partial charge is 0.378 e. The molecule has 3 heteroatoms. The van der Waals surface area contributed by atoms with Gasteiger partial charge in [0.15, 0.2) is 11.6 Å². The molecule has 0 heterocycles. The van der Waals surface area contributed by atoms with E-state index < -0.39 is 11.6 Å². The second kappa shape index (κ2) is 8.32. The van der Waals surface area contributed by atoms with Gasteiger partial charge >= 0.3 is 0 Å². The molecule has 0 radical (unpaired) electrons. The molecule has 0 saturated heterocycles. The monoisotopic (exact) mass is 384 g/mol. The maximum atomic E-state index is 15.0. The van der Waals surface area contributed by atoms with Crippen molar-refractivity contribution in [3.63, 3.8) is 0 Å². The first-order valence-corrected chi connectivity index (χ1v) is 10.7. The van der Waals surface area contributed by atoms with E-state index in [1.807, 2.05) is 37.3 Å². The molecule has 0 N–H and O–H groups in total. The van der Waals surface area contributed by atoms with Gasteiger partial charge < -0.3 is 4.74 Å². The maximum Gasteiger partial charge on any atom is 0.166 e. The standard InChI is InChI=1S/C25H30F2O/c1-3-28-21-11-10-18-14-20(9-8-19(18)15-21)23-13-12-22(24(26)25(23)27)17-6-4-16(2)5-7-17/h4-7,12-13,18-21H,3,8-11,14-15H2,1-2H3. The Labute approximate surface area is 167 Å². The minimum absolute atomic E-state index is 0.131. The summed E-state index contributed by atoms with van der Waals surface area (Å²) in [6.45, 7) is 4.82. The van der Waals surface area contributed by atoms with E-state index in [0.29, 0.717) is 29.1 Å². The van der Waals surface area contributed by atoms with Gasteiger partial charge in [-0.1, -0.05) is 42.0 Å². The minimum atomic E-state index is -0.705. The molecular formula is C25H30F2O. The van der Waals surface area contributed by atoms with Gasteiger partial charge in [0.2, 0.25) is 0 Å². The molecule has 0 aromatic heterocycles. The normalized spacial score (nSPS) is 27.4. The van der Waals surface area contributed by atoms with Crippen molar-refractivity contribution in [2.45, 2.75) is 64.4 Å². The fraction of sp³-hybridized carbons (Fsp3) is 0.520. The molecule has 2 aromatic carbocycles. The summed E-state index contributed by atoms with van der Waals surface area (Å²) < 4.78 is 35.7. The van der Waals surface area contributed by atoms with Gasteiger partial charge in [0.25, 0.3) is 0 Å². The van der Waals surface area contributed by atoms with Crippen LogP contribution in [0.2, 0.25) is 0 Å². The van der Waals surface area contributed by atoms with E-state index in [9.17, 15) is 4.39 Å². The van der Waals surface area contributed by atoms with Crippen molar-refractivity contribution in [2.75, 3.05) is 6.61 Å². The predicted octanol–water partition coefficient (Wildman–Crippen LogP) is 7.03. The second-order valence-electron chi connectivity index (χ2n) is 8.62. The van der Waals surface area contributed by atoms with E-state index in [1.54, 1.807) is 6.07 Å². The predicted molar refractivity (Wildman–Crippen MR) is 109 cm³/mol. The zero-order valence-corrected chi connectivity index (χ0v) is 16.9.